The van der Waals surface area contributed by atoms with Crippen LogP contribution in [0.1, 0.15) is 49.5 Å². The first kappa shape index (κ1) is 23.2. The zero-order valence-electron chi connectivity index (χ0n) is 18.0. The van der Waals surface area contributed by atoms with E-state index in [0.29, 0.717) is 35.2 Å². The number of aliphatic imine (C=N–C) groups is 1. The molecule has 1 saturated heterocycles. The minimum Gasteiger partial charge on any atom is -0.463 e. The highest BCUT2D eigenvalue weighted by Crippen LogP contribution is 2.45. The minimum absolute atomic E-state index is 0.181. The predicted octanol–water partition coefficient (Wildman–Crippen LogP) is 3.93. The topological polar surface area (TPSA) is 161 Å². The Labute approximate surface area is 199 Å². The number of anilines is 3. The van der Waals surface area contributed by atoms with E-state index in [2.05, 4.69) is 19.9 Å². The number of ketones is 1. The Balaban J connectivity index is 1.60. The van der Waals surface area contributed by atoms with E-state index in [4.69, 9.17) is 28.2 Å². The number of nitrogens with zero attached hydrogens (tertiary/aromatic N) is 5. The first-order valence-corrected chi connectivity index (χ1v) is 11.7. The van der Waals surface area contributed by atoms with Crippen molar-refractivity contribution in [1.82, 2.24) is 15.0 Å². The summed E-state index contributed by atoms with van der Waals surface area (Å²) in [6.07, 6.45) is 4.43. The minimum atomic E-state index is -1.14. The molecule has 1 amide bonds. The van der Waals surface area contributed by atoms with E-state index in [0.717, 1.165) is 31.4 Å². The van der Waals surface area contributed by atoms with Crippen LogP contribution in [0.3, 0.4) is 0 Å². The number of hydrogen-bond donors (Lipinski definition) is 3. The van der Waals surface area contributed by atoms with Crippen LogP contribution in [-0.2, 0) is 0 Å². The maximum atomic E-state index is 12.4. The van der Waals surface area contributed by atoms with Crippen molar-refractivity contribution in [3.05, 3.63) is 23.0 Å². The van der Waals surface area contributed by atoms with Gasteiger partial charge in [-0.3, -0.25) is 4.79 Å². The summed E-state index contributed by atoms with van der Waals surface area (Å²) in [5, 5.41) is 9.77. The lowest BCUT2D eigenvalue weighted by molar-refractivity contribution is 0.101. The molecule has 33 heavy (non-hydrogen) atoms. The van der Waals surface area contributed by atoms with E-state index in [1.54, 1.807) is 6.07 Å². The van der Waals surface area contributed by atoms with E-state index in [1.165, 1.54) is 24.9 Å². The van der Waals surface area contributed by atoms with Crippen molar-refractivity contribution in [2.75, 3.05) is 29.5 Å². The summed E-state index contributed by atoms with van der Waals surface area (Å²) in [6.45, 7) is 2.65. The zero-order chi connectivity index (χ0) is 23.8. The third-order valence-corrected chi connectivity index (χ3v) is 7.79. The number of pyridine rings is 1. The molecule has 2 aromatic rings. The molecular formula is C21H24ClN7O3S. The van der Waals surface area contributed by atoms with E-state index < -0.39 is 6.09 Å². The molecule has 2 aliphatic rings. The lowest BCUT2D eigenvalue weighted by atomic mass is 9.75. The van der Waals surface area contributed by atoms with Crippen molar-refractivity contribution >= 4 is 58.4 Å². The van der Waals surface area contributed by atoms with Crippen LogP contribution >= 0.6 is 23.4 Å². The van der Waals surface area contributed by atoms with Gasteiger partial charge in [0, 0.05) is 42.2 Å². The Bertz CT molecular complexity index is 1150. The fraction of sp³-hybridized carbons (Fsp3) is 0.429. The fourth-order valence-electron chi connectivity index (χ4n) is 4.56. The summed E-state index contributed by atoms with van der Waals surface area (Å²) in [5.41, 5.74) is 12.8. The highest BCUT2D eigenvalue weighted by atomic mass is 35.5. The van der Waals surface area contributed by atoms with Crippen LogP contribution in [0.25, 0.3) is 0 Å². The lowest BCUT2D eigenvalue weighted by Gasteiger charge is -2.40. The van der Waals surface area contributed by atoms with Crippen molar-refractivity contribution < 1.29 is 14.7 Å². The van der Waals surface area contributed by atoms with Crippen molar-refractivity contribution in [2.45, 2.75) is 48.9 Å². The number of nitrogen functional groups attached to an aromatic ring is 2. The van der Waals surface area contributed by atoms with Gasteiger partial charge < -0.3 is 21.5 Å². The van der Waals surface area contributed by atoms with Gasteiger partial charge in [0.2, 0.25) is 0 Å². The van der Waals surface area contributed by atoms with Crippen LogP contribution in [0.4, 0.5) is 22.2 Å². The normalized spacial score (nSPS) is 18.7. The molecule has 0 unspecified atom stereocenters. The molecule has 1 spiro atoms. The van der Waals surface area contributed by atoms with Crippen LogP contribution in [0.5, 0.6) is 0 Å². The number of nitrogens with two attached hydrogens (primary N) is 2. The molecular weight excluding hydrogens is 466 g/mol. The maximum Gasteiger partial charge on any atom is 0.431 e. The summed E-state index contributed by atoms with van der Waals surface area (Å²) in [5.74, 6) is 0.584. The van der Waals surface area contributed by atoms with Crippen LogP contribution in [-0.4, -0.2) is 50.7 Å². The number of rotatable bonds is 4. The van der Waals surface area contributed by atoms with Gasteiger partial charge in [0.05, 0.1) is 5.02 Å². The first-order valence-electron chi connectivity index (χ1n) is 10.5. The number of carbonyl (C=O) groups excluding carboxylic acids is 1. The van der Waals surface area contributed by atoms with Gasteiger partial charge in [0.25, 0.3) is 0 Å². The number of Topliss-reactive ketones (excluding diaryl/α,β-unsaturated/α-hetero) is 1. The van der Waals surface area contributed by atoms with Crippen LogP contribution in [0.2, 0.25) is 5.02 Å². The number of hydrogen-bond acceptors (Lipinski definition) is 9. The standard InChI is InChI=1S/C21H24ClN7O3S/c1-11(30)15-18(28-17(24)19(27-15)33-12-4-8-25-16(23)14(12)22)29-9-6-21(7-10-29)5-2-3-13(21)26-20(31)32/h4,8H,2-3,5-7,9-10H2,1H3,(H2,23,25)(H2,24,28)(H,31,32). The second kappa shape index (κ2) is 9.14. The van der Waals surface area contributed by atoms with Crippen molar-refractivity contribution in [3.8, 4) is 0 Å². The number of piperidine rings is 1. The Morgan fingerprint density at radius 3 is 2.61 bits per heavy atom. The Morgan fingerprint density at radius 2 is 1.94 bits per heavy atom. The monoisotopic (exact) mass is 489 g/mol. The molecule has 4 rings (SSSR count). The fourth-order valence-corrected chi connectivity index (χ4v) is 5.60. The van der Waals surface area contributed by atoms with Gasteiger partial charge in [-0.1, -0.05) is 23.4 Å². The number of amides is 1. The Kier molecular flexibility index (Phi) is 6.44. The molecule has 1 aliphatic heterocycles. The van der Waals surface area contributed by atoms with Gasteiger partial charge in [-0.15, -0.1) is 0 Å². The largest absolute Gasteiger partial charge is 0.463 e. The highest BCUT2D eigenvalue weighted by Gasteiger charge is 2.43. The van der Waals surface area contributed by atoms with Gasteiger partial charge in [-0.25, -0.2) is 19.7 Å². The van der Waals surface area contributed by atoms with Crippen molar-refractivity contribution in [1.29, 1.82) is 0 Å². The molecule has 2 fully saturated rings. The zero-order valence-corrected chi connectivity index (χ0v) is 19.6. The smallest absolute Gasteiger partial charge is 0.431 e. The van der Waals surface area contributed by atoms with E-state index in [-0.39, 0.29) is 33.6 Å². The molecule has 0 bridgehead atoms. The van der Waals surface area contributed by atoms with Crippen LogP contribution in [0.15, 0.2) is 27.2 Å². The summed E-state index contributed by atoms with van der Waals surface area (Å²) < 4.78 is 0. The second-order valence-corrected chi connectivity index (χ2v) is 9.62. The predicted molar refractivity (Wildman–Crippen MR) is 127 cm³/mol. The third-order valence-electron chi connectivity index (χ3n) is 6.22. The number of carbonyl (C=O) groups is 2. The Hall–Kier alpha value is -2.92. The molecule has 1 saturated carbocycles. The average Bonchev–Trinajstić information content (AvgIpc) is 3.13. The number of aromatic nitrogens is 3. The van der Waals surface area contributed by atoms with Gasteiger partial charge >= 0.3 is 6.09 Å². The lowest BCUT2D eigenvalue weighted by Crippen LogP contribution is -2.43. The number of carboxylic acid groups (broad SMARTS) is 1. The molecule has 0 atom stereocenters. The molecule has 0 aromatic carbocycles. The van der Waals surface area contributed by atoms with Gasteiger partial charge in [0.15, 0.2) is 17.4 Å². The van der Waals surface area contributed by atoms with E-state index in [1.807, 2.05) is 4.90 Å². The summed E-state index contributed by atoms with van der Waals surface area (Å²) in [7, 11) is 0. The quantitative estimate of drug-likeness (QED) is 0.536. The molecule has 5 N–H and O–H groups in total. The number of halogens is 1. The molecule has 2 aromatic heterocycles. The van der Waals surface area contributed by atoms with Gasteiger partial charge in [-0.05, 0) is 38.2 Å². The van der Waals surface area contributed by atoms with E-state index in [9.17, 15) is 9.59 Å². The summed E-state index contributed by atoms with van der Waals surface area (Å²) >= 11 is 7.40. The molecule has 10 nitrogen and oxygen atoms in total. The van der Waals surface area contributed by atoms with Crippen LogP contribution in [0, 0.1) is 5.41 Å². The maximum absolute atomic E-state index is 12.4. The van der Waals surface area contributed by atoms with Crippen molar-refractivity contribution in [3.63, 3.8) is 0 Å². The molecule has 0 radical (unpaired) electrons. The van der Waals surface area contributed by atoms with Crippen LogP contribution < -0.4 is 16.4 Å². The van der Waals surface area contributed by atoms with Gasteiger partial charge in [0.1, 0.15) is 16.5 Å². The molecule has 3 heterocycles. The summed E-state index contributed by atoms with van der Waals surface area (Å²) in [4.78, 5) is 43.0. The second-order valence-electron chi connectivity index (χ2n) is 8.21. The summed E-state index contributed by atoms with van der Waals surface area (Å²) in [6, 6.07) is 1.69. The SMILES string of the molecule is CC(=O)c1nc(Sc2ccnc(N)c2Cl)c(N)nc1N1CCC2(CCCC2=NC(=O)O)CC1. The first-order chi connectivity index (χ1) is 15.7. The highest BCUT2D eigenvalue weighted by molar-refractivity contribution is 7.99. The average molecular weight is 490 g/mol. The van der Waals surface area contributed by atoms with Crippen molar-refractivity contribution in [2.24, 2.45) is 10.4 Å². The molecule has 174 valence electrons. The van der Waals surface area contributed by atoms with Gasteiger partial charge in [-0.2, -0.15) is 4.99 Å². The van der Waals surface area contributed by atoms with E-state index >= 15 is 0 Å². The molecule has 1 aliphatic carbocycles. The Morgan fingerprint density at radius 1 is 1.21 bits per heavy atom. The third kappa shape index (κ3) is 4.60. The molecule has 12 heteroatoms.